The summed E-state index contributed by atoms with van der Waals surface area (Å²) in [5.74, 6) is 0.439. The zero-order valence-corrected chi connectivity index (χ0v) is 13.7. The largest absolute Gasteiger partial charge is 0.481 e. The fourth-order valence-electron chi connectivity index (χ4n) is 2.17. The van der Waals surface area contributed by atoms with Crippen LogP contribution in [0.25, 0.3) is 11.5 Å². The molecule has 1 aromatic heterocycles. The number of nitrogens with zero attached hydrogens (tertiary/aromatic N) is 3. The summed E-state index contributed by atoms with van der Waals surface area (Å²) in [4.78, 5) is 22.5. The molecule has 0 aliphatic carbocycles. The van der Waals surface area contributed by atoms with E-state index in [0.29, 0.717) is 17.3 Å². The van der Waals surface area contributed by atoms with E-state index in [1.165, 1.54) is 24.6 Å². The number of anilines is 1. The van der Waals surface area contributed by atoms with E-state index in [1.807, 2.05) is 0 Å². The van der Waals surface area contributed by atoms with Crippen molar-refractivity contribution in [3.63, 3.8) is 0 Å². The van der Waals surface area contributed by atoms with Crippen LogP contribution in [-0.4, -0.2) is 27.1 Å². The Morgan fingerprint density at radius 3 is 2.69 bits per heavy atom. The summed E-state index contributed by atoms with van der Waals surface area (Å²) in [5.41, 5.74) is 0.947. The number of carbonyl (C=O) groups is 1. The van der Waals surface area contributed by atoms with Gasteiger partial charge in [-0.25, -0.2) is 0 Å². The van der Waals surface area contributed by atoms with Crippen LogP contribution in [0, 0.1) is 10.1 Å². The van der Waals surface area contributed by atoms with E-state index < -0.39 is 16.9 Å². The number of hydrogen-bond donors (Lipinski definition) is 1. The highest BCUT2D eigenvalue weighted by molar-refractivity contribution is 5.94. The van der Waals surface area contributed by atoms with Crippen LogP contribution in [0.15, 0.2) is 59.3 Å². The maximum Gasteiger partial charge on any atom is 0.271 e. The lowest BCUT2D eigenvalue weighted by Gasteiger charge is -2.14. The fourth-order valence-corrected chi connectivity index (χ4v) is 2.17. The monoisotopic (exact) mass is 354 g/mol. The third-order valence-electron chi connectivity index (χ3n) is 3.47. The maximum atomic E-state index is 12.2. The zero-order chi connectivity index (χ0) is 18.5. The predicted octanol–water partition coefficient (Wildman–Crippen LogP) is 3.05. The molecule has 9 nitrogen and oxygen atoms in total. The zero-order valence-electron chi connectivity index (χ0n) is 13.7. The van der Waals surface area contributed by atoms with Crippen molar-refractivity contribution in [2.24, 2.45) is 0 Å². The molecule has 2 aromatic carbocycles. The first-order valence-electron chi connectivity index (χ1n) is 7.61. The maximum absolute atomic E-state index is 12.2. The Morgan fingerprint density at radius 2 is 2.04 bits per heavy atom. The number of nitrogens with one attached hydrogen (secondary N) is 1. The molecular formula is C17H14N4O5. The average Bonchev–Trinajstić information content (AvgIpc) is 3.17. The lowest BCUT2D eigenvalue weighted by molar-refractivity contribution is -0.384. The van der Waals surface area contributed by atoms with Gasteiger partial charge < -0.3 is 14.5 Å². The second-order valence-corrected chi connectivity index (χ2v) is 5.33. The first-order valence-corrected chi connectivity index (χ1v) is 7.61. The van der Waals surface area contributed by atoms with Crippen molar-refractivity contribution in [1.29, 1.82) is 0 Å². The Hall–Kier alpha value is -3.75. The molecule has 9 heteroatoms. The number of rotatable bonds is 6. The second kappa shape index (κ2) is 7.43. The van der Waals surface area contributed by atoms with Crippen LogP contribution < -0.4 is 10.1 Å². The molecule has 0 spiro atoms. The van der Waals surface area contributed by atoms with E-state index in [1.54, 1.807) is 37.3 Å². The van der Waals surface area contributed by atoms with E-state index in [-0.39, 0.29) is 5.69 Å². The van der Waals surface area contributed by atoms with Gasteiger partial charge in [-0.15, -0.1) is 10.2 Å². The molecule has 0 saturated carbocycles. The van der Waals surface area contributed by atoms with Crippen molar-refractivity contribution in [2.45, 2.75) is 13.0 Å². The summed E-state index contributed by atoms with van der Waals surface area (Å²) < 4.78 is 10.7. The molecule has 132 valence electrons. The van der Waals surface area contributed by atoms with Gasteiger partial charge >= 0.3 is 0 Å². The van der Waals surface area contributed by atoms with Crippen molar-refractivity contribution in [3.8, 4) is 17.2 Å². The van der Waals surface area contributed by atoms with E-state index in [4.69, 9.17) is 9.15 Å². The van der Waals surface area contributed by atoms with Crippen LogP contribution in [0.4, 0.5) is 11.4 Å². The van der Waals surface area contributed by atoms with Crippen molar-refractivity contribution >= 4 is 17.3 Å². The molecule has 0 bridgehead atoms. The summed E-state index contributed by atoms with van der Waals surface area (Å²) >= 11 is 0. The molecule has 1 atom stereocenters. The van der Waals surface area contributed by atoms with Gasteiger partial charge in [-0.05, 0) is 37.3 Å². The fraction of sp³-hybridized carbons (Fsp3) is 0.118. The van der Waals surface area contributed by atoms with Gasteiger partial charge in [0, 0.05) is 23.4 Å². The van der Waals surface area contributed by atoms with E-state index in [0.717, 1.165) is 5.56 Å². The van der Waals surface area contributed by atoms with E-state index >= 15 is 0 Å². The minimum atomic E-state index is -0.802. The Balaban J connectivity index is 1.62. The third-order valence-corrected chi connectivity index (χ3v) is 3.47. The number of nitro groups is 1. The first kappa shape index (κ1) is 17.1. The van der Waals surface area contributed by atoms with Crippen LogP contribution in [-0.2, 0) is 4.79 Å². The molecule has 0 aliphatic heterocycles. The van der Waals surface area contributed by atoms with Gasteiger partial charge in [0.1, 0.15) is 5.75 Å². The SMILES string of the molecule is CC(Oc1ccc(-c2nnco2)cc1)C(=O)Nc1cccc([N+](=O)[O-])c1. The lowest BCUT2D eigenvalue weighted by Crippen LogP contribution is -2.30. The molecule has 1 amide bonds. The highest BCUT2D eigenvalue weighted by atomic mass is 16.6. The van der Waals surface area contributed by atoms with Crippen LogP contribution >= 0.6 is 0 Å². The normalized spacial score (nSPS) is 11.6. The second-order valence-electron chi connectivity index (χ2n) is 5.33. The number of ether oxygens (including phenoxy) is 1. The molecule has 0 saturated heterocycles. The number of carbonyl (C=O) groups excluding carboxylic acids is 1. The summed E-state index contributed by atoms with van der Waals surface area (Å²) in [6, 6.07) is 12.5. The van der Waals surface area contributed by atoms with Gasteiger partial charge in [0.2, 0.25) is 12.3 Å². The van der Waals surface area contributed by atoms with Crippen molar-refractivity contribution in [1.82, 2.24) is 10.2 Å². The summed E-state index contributed by atoms with van der Waals surface area (Å²) in [6.45, 7) is 1.58. The average molecular weight is 354 g/mol. The van der Waals surface area contributed by atoms with Gasteiger partial charge in [-0.2, -0.15) is 0 Å². The smallest absolute Gasteiger partial charge is 0.271 e. The Morgan fingerprint density at radius 1 is 1.27 bits per heavy atom. The van der Waals surface area contributed by atoms with Crippen molar-refractivity contribution in [2.75, 3.05) is 5.32 Å². The summed E-state index contributed by atoms with van der Waals surface area (Å²) in [6.07, 6.45) is 0.434. The number of aromatic nitrogens is 2. The molecule has 1 unspecified atom stereocenters. The van der Waals surface area contributed by atoms with Crippen molar-refractivity contribution < 1.29 is 18.9 Å². The Bertz CT molecular complexity index is 909. The number of nitro benzene ring substituents is 1. The van der Waals surface area contributed by atoms with E-state index in [2.05, 4.69) is 15.5 Å². The molecule has 0 radical (unpaired) electrons. The number of non-ortho nitro benzene ring substituents is 1. The third kappa shape index (κ3) is 4.01. The minimum Gasteiger partial charge on any atom is -0.481 e. The lowest BCUT2D eigenvalue weighted by atomic mass is 10.2. The highest BCUT2D eigenvalue weighted by Crippen LogP contribution is 2.21. The molecule has 0 fully saturated rings. The molecule has 3 rings (SSSR count). The standard InChI is InChI=1S/C17H14N4O5/c1-11(16(22)19-13-3-2-4-14(9-13)21(23)24)26-15-7-5-12(6-8-15)17-20-18-10-25-17/h2-11H,1H3,(H,19,22). The van der Waals surface area contributed by atoms with Gasteiger partial charge in [0.25, 0.3) is 11.6 Å². The van der Waals surface area contributed by atoms with Gasteiger partial charge in [-0.1, -0.05) is 6.07 Å². The molecular weight excluding hydrogens is 340 g/mol. The summed E-state index contributed by atoms with van der Waals surface area (Å²) in [5, 5.41) is 20.8. The van der Waals surface area contributed by atoms with Crippen LogP contribution in [0.2, 0.25) is 0 Å². The Kier molecular flexibility index (Phi) is 4.88. The van der Waals surface area contributed by atoms with E-state index in [9.17, 15) is 14.9 Å². The quantitative estimate of drug-likeness (QED) is 0.533. The number of hydrogen-bond acceptors (Lipinski definition) is 7. The minimum absolute atomic E-state index is 0.104. The number of benzene rings is 2. The first-order chi connectivity index (χ1) is 12.5. The Labute approximate surface area is 147 Å². The number of amides is 1. The predicted molar refractivity (Wildman–Crippen MR) is 91.6 cm³/mol. The molecule has 3 aromatic rings. The highest BCUT2D eigenvalue weighted by Gasteiger charge is 2.16. The van der Waals surface area contributed by atoms with Gasteiger partial charge in [-0.3, -0.25) is 14.9 Å². The van der Waals surface area contributed by atoms with Gasteiger partial charge in [0.15, 0.2) is 6.10 Å². The topological polar surface area (TPSA) is 120 Å². The van der Waals surface area contributed by atoms with Crippen molar-refractivity contribution in [3.05, 3.63) is 65.0 Å². The summed E-state index contributed by atoms with van der Waals surface area (Å²) in [7, 11) is 0. The molecule has 1 N–H and O–H groups in total. The molecule has 0 aliphatic rings. The molecule has 26 heavy (non-hydrogen) atoms. The van der Waals surface area contributed by atoms with Gasteiger partial charge in [0.05, 0.1) is 4.92 Å². The van der Waals surface area contributed by atoms with Crippen LogP contribution in [0.1, 0.15) is 6.92 Å². The van der Waals surface area contributed by atoms with Crippen LogP contribution in [0.3, 0.4) is 0 Å². The molecule has 1 heterocycles. The van der Waals surface area contributed by atoms with Crippen LogP contribution in [0.5, 0.6) is 5.75 Å².